The largest absolute Gasteiger partial charge is 0.323 e. The highest BCUT2D eigenvalue weighted by Crippen LogP contribution is 1.90. The molecule has 58 valence electrons. The number of hydrogen-bond donors (Lipinski definition) is 2. The van der Waals surface area contributed by atoms with Gasteiger partial charge >= 0.3 is 5.69 Å². The van der Waals surface area contributed by atoms with Crippen LogP contribution in [0.1, 0.15) is 25.2 Å². The first-order chi connectivity index (χ1) is 4.70. The molecule has 1 aromatic rings. The van der Waals surface area contributed by atoms with Gasteiger partial charge in [-0.05, 0) is 13.8 Å². The van der Waals surface area contributed by atoms with Crippen LogP contribution in [0.3, 0.4) is 0 Å². The zero-order valence-electron chi connectivity index (χ0n) is 6.91. The van der Waals surface area contributed by atoms with E-state index in [1.165, 1.54) is 0 Å². The predicted octanol–water partition coefficient (Wildman–Crippen LogP) is 1.35. The van der Waals surface area contributed by atoms with Crippen molar-refractivity contribution in [1.29, 1.82) is 0 Å². The molecule has 2 N–H and O–H groups in total. The summed E-state index contributed by atoms with van der Waals surface area (Å²) in [5.41, 5.74) is 1.70. The Hall–Kier alpha value is -0.990. The first-order valence-corrected chi connectivity index (χ1v) is 3.45. The van der Waals surface area contributed by atoms with E-state index in [1.54, 1.807) is 0 Å². The molecule has 0 amide bonds. The van der Waals surface area contributed by atoms with E-state index in [0.29, 0.717) is 0 Å². The number of nitrogens with one attached hydrogen (secondary N) is 2. The second-order valence-corrected chi connectivity index (χ2v) is 1.83. The molecule has 0 unspecified atom stereocenters. The van der Waals surface area contributed by atoms with E-state index < -0.39 is 0 Å². The Morgan fingerprint density at radius 3 is 1.40 bits per heavy atom. The van der Waals surface area contributed by atoms with Crippen molar-refractivity contribution in [3.63, 3.8) is 0 Å². The molecular formula is C7H14N2O. The Morgan fingerprint density at radius 1 is 1.00 bits per heavy atom. The van der Waals surface area contributed by atoms with Gasteiger partial charge in [0.25, 0.3) is 0 Å². The summed E-state index contributed by atoms with van der Waals surface area (Å²) in [6, 6.07) is 0. The molecule has 0 spiro atoms. The highest BCUT2D eigenvalue weighted by atomic mass is 16.1. The van der Waals surface area contributed by atoms with Crippen molar-refractivity contribution >= 4 is 0 Å². The fraction of sp³-hybridized carbons (Fsp3) is 0.571. The smallest absolute Gasteiger partial charge is 0.310 e. The van der Waals surface area contributed by atoms with Crippen LogP contribution in [0.15, 0.2) is 4.79 Å². The van der Waals surface area contributed by atoms with E-state index in [-0.39, 0.29) is 5.69 Å². The van der Waals surface area contributed by atoms with Crippen molar-refractivity contribution in [2.45, 2.75) is 27.7 Å². The second-order valence-electron chi connectivity index (χ2n) is 1.83. The van der Waals surface area contributed by atoms with Gasteiger partial charge in [-0.25, -0.2) is 4.79 Å². The minimum absolute atomic E-state index is 0.125. The van der Waals surface area contributed by atoms with E-state index in [2.05, 4.69) is 9.97 Å². The van der Waals surface area contributed by atoms with Gasteiger partial charge < -0.3 is 9.97 Å². The summed E-state index contributed by atoms with van der Waals surface area (Å²) in [5, 5.41) is 0. The van der Waals surface area contributed by atoms with Crippen LogP contribution < -0.4 is 5.69 Å². The minimum Gasteiger partial charge on any atom is -0.310 e. The summed E-state index contributed by atoms with van der Waals surface area (Å²) in [4.78, 5) is 15.6. The van der Waals surface area contributed by atoms with Crippen molar-refractivity contribution in [2.24, 2.45) is 0 Å². The lowest BCUT2D eigenvalue weighted by atomic mass is 10.4. The maximum atomic E-state index is 10.4. The summed E-state index contributed by atoms with van der Waals surface area (Å²) in [6.45, 7) is 7.71. The average molecular weight is 142 g/mol. The Labute approximate surface area is 60.5 Å². The molecule has 0 saturated heterocycles. The third-order valence-corrected chi connectivity index (χ3v) is 1.16. The van der Waals surface area contributed by atoms with Crippen LogP contribution in [0.5, 0.6) is 0 Å². The van der Waals surface area contributed by atoms with Gasteiger partial charge in [-0.15, -0.1) is 0 Å². The van der Waals surface area contributed by atoms with Crippen molar-refractivity contribution in [3.8, 4) is 0 Å². The topological polar surface area (TPSA) is 48.6 Å². The summed E-state index contributed by atoms with van der Waals surface area (Å²) < 4.78 is 0. The predicted molar refractivity (Wildman–Crippen MR) is 42.2 cm³/mol. The molecule has 1 heterocycles. The molecule has 0 saturated carbocycles. The maximum absolute atomic E-state index is 10.4. The Morgan fingerprint density at radius 2 is 1.30 bits per heavy atom. The Balaban J connectivity index is 0.000000371. The van der Waals surface area contributed by atoms with Crippen molar-refractivity contribution in [1.82, 2.24) is 9.97 Å². The Kier molecular flexibility index (Phi) is 3.54. The lowest BCUT2D eigenvalue weighted by molar-refractivity contribution is 1.16. The number of hydrogen-bond acceptors (Lipinski definition) is 1. The zero-order valence-corrected chi connectivity index (χ0v) is 6.91. The zero-order chi connectivity index (χ0) is 8.15. The van der Waals surface area contributed by atoms with Crippen molar-refractivity contribution in [3.05, 3.63) is 21.9 Å². The van der Waals surface area contributed by atoms with Gasteiger partial charge in [-0.2, -0.15) is 0 Å². The van der Waals surface area contributed by atoms with Gasteiger partial charge in [0.1, 0.15) is 0 Å². The lowest BCUT2D eigenvalue weighted by Crippen LogP contribution is -2.00. The lowest BCUT2D eigenvalue weighted by Gasteiger charge is -1.79. The van der Waals surface area contributed by atoms with Crippen LogP contribution in [0.25, 0.3) is 0 Å². The van der Waals surface area contributed by atoms with E-state index in [4.69, 9.17) is 0 Å². The SMILES string of the molecule is CC.Cc1[nH]c(=O)[nH]c1C. The van der Waals surface area contributed by atoms with Crippen molar-refractivity contribution < 1.29 is 0 Å². The number of H-pyrrole nitrogens is 2. The summed E-state index contributed by atoms with van der Waals surface area (Å²) >= 11 is 0. The molecular weight excluding hydrogens is 128 g/mol. The number of aromatic nitrogens is 2. The summed E-state index contributed by atoms with van der Waals surface area (Å²) in [5.74, 6) is 0. The normalized spacial score (nSPS) is 8.40. The monoisotopic (exact) mass is 142 g/mol. The molecule has 0 bridgehead atoms. The fourth-order valence-electron chi connectivity index (χ4n) is 0.559. The molecule has 0 aromatic carbocycles. The van der Waals surface area contributed by atoms with Crippen LogP contribution in [-0.4, -0.2) is 9.97 Å². The number of aryl methyl sites for hydroxylation is 2. The molecule has 1 rings (SSSR count). The van der Waals surface area contributed by atoms with Gasteiger partial charge in [-0.1, -0.05) is 13.8 Å². The molecule has 0 radical (unpaired) electrons. The number of imidazole rings is 1. The molecule has 0 atom stereocenters. The van der Waals surface area contributed by atoms with Gasteiger partial charge in [0.2, 0.25) is 0 Å². The molecule has 0 fully saturated rings. The summed E-state index contributed by atoms with van der Waals surface area (Å²) in [7, 11) is 0. The molecule has 1 aromatic heterocycles. The first kappa shape index (κ1) is 9.01. The first-order valence-electron chi connectivity index (χ1n) is 3.45. The van der Waals surface area contributed by atoms with Crippen LogP contribution >= 0.6 is 0 Å². The quantitative estimate of drug-likeness (QED) is 0.564. The number of rotatable bonds is 0. The highest BCUT2D eigenvalue weighted by Gasteiger charge is 1.91. The van der Waals surface area contributed by atoms with Gasteiger partial charge in [0, 0.05) is 11.4 Å². The molecule has 0 aliphatic rings. The fourth-order valence-corrected chi connectivity index (χ4v) is 0.559. The third kappa shape index (κ3) is 2.09. The van der Waals surface area contributed by atoms with Crippen LogP contribution in [0.2, 0.25) is 0 Å². The van der Waals surface area contributed by atoms with E-state index in [1.807, 2.05) is 27.7 Å². The van der Waals surface area contributed by atoms with Crippen LogP contribution in [0.4, 0.5) is 0 Å². The maximum Gasteiger partial charge on any atom is 0.323 e. The van der Waals surface area contributed by atoms with Crippen molar-refractivity contribution in [2.75, 3.05) is 0 Å². The average Bonchev–Trinajstić information content (AvgIpc) is 2.16. The van der Waals surface area contributed by atoms with Gasteiger partial charge in [-0.3, -0.25) is 0 Å². The summed E-state index contributed by atoms with van der Waals surface area (Å²) in [6.07, 6.45) is 0. The highest BCUT2D eigenvalue weighted by molar-refractivity contribution is 5.04. The van der Waals surface area contributed by atoms with Crippen LogP contribution in [-0.2, 0) is 0 Å². The number of aromatic amines is 2. The molecule has 3 nitrogen and oxygen atoms in total. The molecule has 10 heavy (non-hydrogen) atoms. The molecule has 3 heteroatoms. The molecule has 0 aliphatic carbocycles. The second kappa shape index (κ2) is 3.93. The van der Waals surface area contributed by atoms with Gasteiger partial charge in [0.05, 0.1) is 0 Å². The Bertz CT molecular complexity index is 211. The third-order valence-electron chi connectivity index (χ3n) is 1.16. The van der Waals surface area contributed by atoms with Gasteiger partial charge in [0.15, 0.2) is 0 Å². The minimum atomic E-state index is -0.125. The molecule has 0 aliphatic heterocycles. The standard InChI is InChI=1S/C5H8N2O.C2H6/c1-3-4(2)7-5(8)6-3;1-2/h1-2H3,(H2,6,7,8);1-2H3. The van der Waals surface area contributed by atoms with E-state index in [9.17, 15) is 4.79 Å². The van der Waals surface area contributed by atoms with Crippen LogP contribution in [0, 0.1) is 13.8 Å². The van der Waals surface area contributed by atoms with E-state index in [0.717, 1.165) is 11.4 Å². The van der Waals surface area contributed by atoms with E-state index >= 15 is 0 Å².